The SMILES string of the molecule is CCN(Cc1ccc(OC)c(OC)c1)C(=O)c1nn(-c2ccc(F)c(F)c2)c2c1CCC2. The molecule has 0 fully saturated rings. The largest absolute Gasteiger partial charge is 0.493 e. The topological polar surface area (TPSA) is 56.6 Å². The fraction of sp³-hybridized carbons (Fsp3) is 0.333. The first-order valence-electron chi connectivity index (χ1n) is 10.5. The van der Waals surface area contributed by atoms with Gasteiger partial charge in [-0.2, -0.15) is 5.10 Å². The lowest BCUT2D eigenvalue weighted by Crippen LogP contribution is -2.31. The molecule has 0 aliphatic heterocycles. The van der Waals surface area contributed by atoms with Crippen molar-refractivity contribution in [1.29, 1.82) is 0 Å². The third-order valence-electron chi connectivity index (χ3n) is 5.77. The van der Waals surface area contributed by atoms with Crippen molar-refractivity contribution in [2.45, 2.75) is 32.7 Å². The molecule has 0 bridgehead atoms. The zero-order chi connectivity index (χ0) is 22.8. The third kappa shape index (κ3) is 3.92. The van der Waals surface area contributed by atoms with E-state index in [0.717, 1.165) is 48.2 Å². The Balaban J connectivity index is 1.65. The second-order valence-electron chi connectivity index (χ2n) is 7.65. The van der Waals surface area contributed by atoms with Crippen LogP contribution in [-0.2, 0) is 19.4 Å². The number of halogens is 2. The lowest BCUT2D eigenvalue weighted by molar-refractivity contribution is 0.0745. The summed E-state index contributed by atoms with van der Waals surface area (Å²) in [4.78, 5) is 15.1. The van der Waals surface area contributed by atoms with Crippen LogP contribution in [0.25, 0.3) is 5.69 Å². The van der Waals surface area contributed by atoms with Crippen LogP contribution < -0.4 is 9.47 Å². The van der Waals surface area contributed by atoms with Gasteiger partial charge in [0.15, 0.2) is 28.8 Å². The van der Waals surface area contributed by atoms with Crippen molar-refractivity contribution in [3.63, 3.8) is 0 Å². The summed E-state index contributed by atoms with van der Waals surface area (Å²) in [6.45, 7) is 2.77. The molecule has 168 valence electrons. The quantitative estimate of drug-likeness (QED) is 0.548. The van der Waals surface area contributed by atoms with Gasteiger partial charge in [-0.05, 0) is 56.0 Å². The minimum Gasteiger partial charge on any atom is -0.493 e. The van der Waals surface area contributed by atoms with Crippen LogP contribution in [0.1, 0.15) is 40.7 Å². The van der Waals surface area contributed by atoms with E-state index in [0.29, 0.717) is 36.0 Å². The summed E-state index contributed by atoms with van der Waals surface area (Å²) >= 11 is 0. The average molecular weight is 441 g/mol. The number of methoxy groups -OCH3 is 2. The molecule has 1 heterocycles. The van der Waals surface area contributed by atoms with E-state index < -0.39 is 11.6 Å². The predicted molar refractivity (Wildman–Crippen MR) is 115 cm³/mol. The van der Waals surface area contributed by atoms with Gasteiger partial charge in [0, 0.05) is 30.4 Å². The zero-order valence-corrected chi connectivity index (χ0v) is 18.3. The Bertz CT molecular complexity index is 1160. The van der Waals surface area contributed by atoms with Crippen LogP contribution in [0.2, 0.25) is 0 Å². The average Bonchev–Trinajstić information content (AvgIpc) is 3.41. The second kappa shape index (κ2) is 8.98. The van der Waals surface area contributed by atoms with Gasteiger partial charge in [-0.25, -0.2) is 13.5 Å². The smallest absolute Gasteiger partial charge is 0.274 e. The molecule has 2 aromatic carbocycles. The number of carbonyl (C=O) groups is 1. The van der Waals surface area contributed by atoms with Gasteiger partial charge in [-0.15, -0.1) is 0 Å². The Morgan fingerprint density at radius 2 is 1.84 bits per heavy atom. The Hall–Kier alpha value is -3.42. The number of hydrogen-bond donors (Lipinski definition) is 0. The molecule has 0 radical (unpaired) electrons. The lowest BCUT2D eigenvalue weighted by Gasteiger charge is -2.21. The van der Waals surface area contributed by atoms with Crippen LogP contribution in [0.15, 0.2) is 36.4 Å². The molecule has 0 spiro atoms. The fourth-order valence-electron chi connectivity index (χ4n) is 4.12. The van der Waals surface area contributed by atoms with E-state index >= 15 is 0 Å². The van der Waals surface area contributed by atoms with Crippen LogP contribution in [0, 0.1) is 11.6 Å². The highest BCUT2D eigenvalue weighted by Gasteiger charge is 2.29. The highest BCUT2D eigenvalue weighted by Crippen LogP contribution is 2.31. The van der Waals surface area contributed by atoms with Crippen LogP contribution in [0.3, 0.4) is 0 Å². The van der Waals surface area contributed by atoms with E-state index in [1.165, 1.54) is 6.07 Å². The summed E-state index contributed by atoms with van der Waals surface area (Å²) in [6.07, 6.45) is 2.35. The number of hydrogen-bond acceptors (Lipinski definition) is 4. The van der Waals surface area contributed by atoms with Crippen molar-refractivity contribution in [3.05, 3.63) is 70.5 Å². The Labute approximate surface area is 185 Å². The highest BCUT2D eigenvalue weighted by atomic mass is 19.2. The normalized spacial score (nSPS) is 12.5. The molecule has 0 unspecified atom stereocenters. The molecule has 4 rings (SSSR count). The molecule has 1 amide bonds. The summed E-state index contributed by atoms with van der Waals surface area (Å²) in [5.41, 5.74) is 3.43. The molecular weight excluding hydrogens is 416 g/mol. The van der Waals surface area contributed by atoms with Gasteiger partial charge in [-0.3, -0.25) is 4.79 Å². The molecule has 3 aromatic rings. The first kappa shape index (κ1) is 21.8. The van der Waals surface area contributed by atoms with Crippen molar-refractivity contribution >= 4 is 5.91 Å². The molecule has 0 saturated heterocycles. The summed E-state index contributed by atoms with van der Waals surface area (Å²) in [5.74, 6) is -0.838. The van der Waals surface area contributed by atoms with Crippen LogP contribution in [0.5, 0.6) is 11.5 Å². The molecule has 32 heavy (non-hydrogen) atoms. The highest BCUT2D eigenvalue weighted by molar-refractivity contribution is 5.94. The minimum atomic E-state index is -0.943. The fourth-order valence-corrected chi connectivity index (χ4v) is 4.12. The van der Waals surface area contributed by atoms with Crippen molar-refractivity contribution in [3.8, 4) is 17.2 Å². The van der Waals surface area contributed by atoms with Crippen molar-refractivity contribution < 1.29 is 23.0 Å². The molecule has 0 N–H and O–H groups in total. The number of rotatable bonds is 7. The number of benzene rings is 2. The number of aromatic nitrogens is 2. The molecular formula is C24H25F2N3O3. The number of amides is 1. The standard InChI is InChI=1S/C24H25F2N3O3/c1-4-28(14-15-8-11-21(31-2)22(12-15)32-3)24(30)23-17-6-5-7-20(17)29(27-23)16-9-10-18(25)19(26)13-16/h8-13H,4-7,14H2,1-3H3. The number of ether oxygens (including phenoxy) is 2. The van der Waals surface area contributed by atoms with Crippen LogP contribution >= 0.6 is 0 Å². The van der Waals surface area contributed by atoms with Gasteiger partial charge in [0.25, 0.3) is 5.91 Å². The van der Waals surface area contributed by atoms with E-state index in [2.05, 4.69) is 5.10 Å². The number of carbonyl (C=O) groups excluding carboxylic acids is 1. The lowest BCUT2D eigenvalue weighted by atomic mass is 10.1. The van der Waals surface area contributed by atoms with Gasteiger partial charge < -0.3 is 14.4 Å². The van der Waals surface area contributed by atoms with E-state index in [1.54, 1.807) is 23.8 Å². The summed E-state index contributed by atoms with van der Waals surface area (Å²) < 4.78 is 39.4. The van der Waals surface area contributed by atoms with Crippen molar-refractivity contribution in [1.82, 2.24) is 14.7 Å². The maximum atomic E-state index is 13.8. The maximum Gasteiger partial charge on any atom is 0.274 e. The molecule has 0 saturated carbocycles. The molecule has 8 heteroatoms. The third-order valence-corrected chi connectivity index (χ3v) is 5.77. The van der Waals surface area contributed by atoms with Gasteiger partial charge in [0.1, 0.15) is 0 Å². The Morgan fingerprint density at radius 1 is 1.06 bits per heavy atom. The van der Waals surface area contributed by atoms with Gasteiger partial charge in [0.05, 0.1) is 19.9 Å². The zero-order valence-electron chi connectivity index (χ0n) is 18.3. The summed E-state index contributed by atoms with van der Waals surface area (Å²) in [6, 6.07) is 9.20. The molecule has 6 nitrogen and oxygen atoms in total. The Morgan fingerprint density at radius 3 is 2.53 bits per heavy atom. The minimum absolute atomic E-state index is 0.193. The first-order valence-corrected chi connectivity index (χ1v) is 10.5. The van der Waals surface area contributed by atoms with E-state index in [4.69, 9.17) is 9.47 Å². The first-order chi connectivity index (χ1) is 15.5. The van der Waals surface area contributed by atoms with E-state index in [9.17, 15) is 13.6 Å². The monoisotopic (exact) mass is 441 g/mol. The summed E-state index contributed by atoms with van der Waals surface area (Å²) in [5, 5.41) is 4.54. The number of nitrogens with zero attached hydrogens (tertiary/aromatic N) is 3. The molecule has 1 aliphatic carbocycles. The van der Waals surface area contributed by atoms with Crippen LogP contribution in [0.4, 0.5) is 8.78 Å². The van der Waals surface area contributed by atoms with Gasteiger partial charge >= 0.3 is 0 Å². The van der Waals surface area contributed by atoms with Crippen molar-refractivity contribution in [2.24, 2.45) is 0 Å². The van der Waals surface area contributed by atoms with Crippen molar-refractivity contribution in [2.75, 3.05) is 20.8 Å². The molecule has 0 atom stereocenters. The van der Waals surface area contributed by atoms with Gasteiger partial charge in [-0.1, -0.05) is 6.07 Å². The predicted octanol–water partition coefficient (Wildman–Crippen LogP) is 4.32. The van der Waals surface area contributed by atoms with E-state index in [1.807, 2.05) is 25.1 Å². The Kier molecular flexibility index (Phi) is 6.12. The molecule has 1 aliphatic rings. The number of fused-ring (bicyclic) bond motifs is 1. The van der Waals surface area contributed by atoms with Gasteiger partial charge in [0.2, 0.25) is 0 Å². The van der Waals surface area contributed by atoms with Crippen LogP contribution in [-0.4, -0.2) is 41.4 Å². The molecule has 1 aromatic heterocycles. The van der Waals surface area contributed by atoms with E-state index in [-0.39, 0.29) is 5.91 Å². The second-order valence-corrected chi connectivity index (χ2v) is 7.65. The maximum absolute atomic E-state index is 13.8. The summed E-state index contributed by atoms with van der Waals surface area (Å²) in [7, 11) is 3.14.